The molecular formula is C20H25N5. The Morgan fingerprint density at radius 3 is 2.96 bits per heavy atom. The van der Waals surface area contributed by atoms with Crippen LogP contribution < -0.4 is 11.2 Å². The highest BCUT2D eigenvalue weighted by molar-refractivity contribution is 5.68. The maximum atomic E-state index is 6.12. The molecule has 1 aromatic heterocycles. The summed E-state index contributed by atoms with van der Waals surface area (Å²) in [6, 6.07) is 4.28. The summed E-state index contributed by atoms with van der Waals surface area (Å²) in [7, 11) is 0. The van der Waals surface area contributed by atoms with E-state index in [9.17, 15) is 0 Å². The Hall–Kier alpha value is -2.69. The van der Waals surface area contributed by atoms with Crippen LogP contribution in [0.1, 0.15) is 31.5 Å². The van der Waals surface area contributed by atoms with Gasteiger partial charge in [-0.25, -0.2) is 0 Å². The molecule has 0 saturated heterocycles. The highest BCUT2D eigenvalue weighted by Gasteiger charge is 2.31. The first-order chi connectivity index (χ1) is 12.1. The first-order valence-electron chi connectivity index (χ1n) is 8.96. The molecule has 1 aromatic rings. The summed E-state index contributed by atoms with van der Waals surface area (Å²) in [6.07, 6.45) is 12.5. The molecule has 1 atom stereocenters. The quantitative estimate of drug-likeness (QED) is 0.870. The fraction of sp³-hybridized carbons (Fsp3) is 0.350. The van der Waals surface area contributed by atoms with E-state index in [1.54, 1.807) is 0 Å². The Labute approximate surface area is 149 Å². The molecule has 130 valence electrons. The van der Waals surface area contributed by atoms with Gasteiger partial charge >= 0.3 is 0 Å². The topological polar surface area (TPSA) is 57.4 Å². The van der Waals surface area contributed by atoms with Crippen LogP contribution in [0.15, 0.2) is 59.8 Å². The summed E-state index contributed by atoms with van der Waals surface area (Å²) in [4.78, 5) is 7.06. The number of hydrazine groups is 1. The Kier molecular flexibility index (Phi) is 3.99. The van der Waals surface area contributed by atoms with Gasteiger partial charge < -0.3 is 16.1 Å². The van der Waals surface area contributed by atoms with Crippen LogP contribution in [0.2, 0.25) is 0 Å². The molecule has 3 aliphatic rings. The minimum atomic E-state index is 0.546. The van der Waals surface area contributed by atoms with Gasteiger partial charge in [-0.15, -0.1) is 0 Å². The van der Waals surface area contributed by atoms with Crippen LogP contribution in [0.4, 0.5) is 0 Å². The largest absolute Gasteiger partial charge is 0.399 e. The van der Waals surface area contributed by atoms with Gasteiger partial charge in [0.15, 0.2) is 0 Å². The van der Waals surface area contributed by atoms with Crippen LogP contribution in [0.25, 0.3) is 5.70 Å². The zero-order valence-electron chi connectivity index (χ0n) is 14.9. The minimum Gasteiger partial charge on any atom is -0.399 e. The molecule has 25 heavy (non-hydrogen) atoms. The lowest BCUT2D eigenvalue weighted by Gasteiger charge is -2.30. The molecule has 3 aliphatic heterocycles. The average Bonchev–Trinajstić information content (AvgIpc) is 2.88. The van der Waals surface area contributed by atoms with Crippen molar-refractivity contribution in [2.45, 2.75) is 26.7 Å². The van der Waals surface area contributed by atoms with Gasteiger partial charge in [0, 0.05) is 36.9 Å². The van der Waals surface area contributed by atoms with Crippen molar-refractivity contribution in [3.63, 3.8) is 0 Å². The van der Waals surface area contributed by atoms with Gasteiger partial charge in [-0.1, -0.05) is 19.1 Å². The van der Waals surface area contributed by atoms with E-state index in [1.165, 1.54) is 11.3 Å². The zero-order valence-corrected chi connectivity index (χ0v) is 14.9. The molecule has 0 saturated carbocycles. The van der Waals surface area contributed by atoms with Crippen molar-refractivity contribution in [3.8, 4) is 0 Å². The third kappa shape index (κ3) is 3.02. The number of hydrogen-bond donors (Lipinski definition) is 2. The molecule has 0 aliphatic carbocycles. The second-order valence-corrected chi connectivity index (χ2v) is 6.96. The summed E-state index contributed by atoms with van der Waals surface area (Å²) in [5.41, 5.74) is 16.0. The molecule has 5 heteroatoms. The fourth-order valence-electron chi connectivity index (χ4n) is 3.63. The van der Waals surface area contributed by atoms with Crippen LogP contribution >= 0.6 is 0 Å². The van der Waals surface area contributed by atoms with E-state index in [1.807, 2.05) is 12.3 Å². The first-order valence-corrected chi connectivity index (χ1v) is 8.96. The van der Waals surface area contributed by atoms with Gasteiger partial charge in [0.25, 0.3) is 0 Å². The SMILES string of the molecule is CCc1ccc(C2=C3C=C(N)C=CN3CC3CC=C(C)NN2C3)nc1. The number of pyridine rings is 1. The molecule has 4 heterocycles. The van der Waals surface area contributed by atoms with Gasteiger partial charge in [0.05, 0.1) is 11.4 Å². The molecule has 0 radical (unpaired) electrons. The van der Waals surface area contributed by atoms with Gasteiger partial charge in [-0.05, 0) is 49.5 Å². The number of rotatable bonds is 2. The van der Waals surface area contributed by atoms with Gasteiger partial charge in [0.1, 0.15) is 5.70 Å². The summed E-state index contributed by atoms with van der Waals surface area (Å²) >= 11 is 0. The van der Waals surface area contributed by atoms with E-state index in [0.29, 0.717) is 5.92 Å². The number of nitrogens with two attached hydrogens (primary N) is 1. The smallest absolute Gasteiger partial charge is 0.107 e. The Balaban J connectivity index is 1.86. The van der Waals surface area contributed by atoms with Crippen molar-refractivity contribution in [2.24, 2.45) is 11.7 Å². The molecule has 4 rings (SSSR count). The van der Waals surface area contributed by atoms with Crippen molar-refractivity contribution in [3.05, 3.63) is 71.1 Å². The maximum absolute atomic E-state index is 6.12. The van der Waals surface area contributed by atoms with Gasteiger partial charge in [-0.2, -0.15) is 0 Å². The molecule has 5 nitrogen and oxygen atoms in total. The molecule has 0 fully saturated rings. The molecule has 0 amide bonds. The molecule has 1 unspecified atom stereocenters. The van der Waals surface area contributed by atoms with Crippen LogP contribution in [-0.2, 0) is 6.42 Å². The molecule has 3 N–H and O–H groups in total. The van der Waals surface area contributed by atoms with E-state index < -0.39 is 0 Å². The van der Waals surface area contributed by atoms with Crippen molar-refractivity contribution >= 4 is 5.70 Å². The molecule has 0 spiro atoms. The summed E-state index contributed by atoms with van der Waals surface area (Å²) in [5, 5.41) is 2.25. The van der Waals surface area contributed by atoms with Crippen molar-refractivity contribution < 1.29 is 0 Å². The number of fused-ring (bicyclic) bond motifs is 3. The van der Waals surface area contributed by atoms with E-state index in [0.717, 1.165) is 48.7 Å². The third-order valence-electron chi connectivity index (χ3n) is 5.01. The highest BCUT2D eigenvalue weighted by Crippen LogP contribution is 2.33. The monoisotopic (exact) mass is 335 g/mol. The van der Waals surface area contributed by atoms with E-state index >= 15 is 0 Å². The Morgan fingerprint density at radius 2 is 2.20 bits per heavy atom. The van der Waals surface area contributed by atoms with Crippen molar-refractivity contribution in [1.82, 2.24) is 20.3 Å². The summed E-state index contributed by atoms with van der Waals surface area (Å²) in [6.45, 7) is 6.20. The fourth-order valence-corrected chi connectivity index (χ4v) is 3.63. The van der Waals surface area contributed by atoms with E-state index in [4.69, 9.17) is 10.7 Å². The Morgan fingerprint density at radius 1 is 1.32 bits per heavy atom. The minimum absolute atomic E-state index is 0.546. The second-order valence-electron chi connectivity index (χ2n) is 6.96. The summed E-state index contributed by atoms with van der Waals surface area (Å²) < 4.78 is 0. The van der Waals surface area contributed by atoms with Gasteiger partial charge in [-0.3, -0.25) is 9.99 Å². The number of aryl methyl sites for hydroxylation is 1. The molecule has 2 bridgehead atoms. The maximum Gasteiger partial charge on any atom is 0.107 e. The lowest BCUT2D eigenvalue weighted by Crippen LogP contribution is -2.37. The number of hydrogen-bond acceptors (Lipinski definition) is 5. The zero-order chi connectivity index (χ0) is 17.4. The summed E-state index contributed by atoms with van der Waals surface area (Å²) in [5.74, 6) is 0.546. The van der Waals surface area contributed by atoms with Crippen molar-refractivity contribution in [2.75, 3.05) is 13.1 Å². The van der Waals surface area contributed by atoms with E-state index in [2.05, 4.69) is 59.7 Å². The lowest BCUT2D eigenvalue weighted by atomic mass is 10.0. The van der Waals surface area contributed by atoms with E-state index in [-0.39, 0.29) is 0 Å². The number of nitrogens with zero attached hydrogens (tertiary/aromatic N) is 3. The predicted octanol–water partition coefficient (Wildman–Crippen LogP) is 2.73. The lowest BCUT2D eigenvalue weighted by molar-refractivity contribution is 0.274. The highest BCUT2D eigenvalue weighted by atomic mass is 15.5. The van der Waals surface area contributed by atoms with Crippen molar-refractivity contribution in [1.29, 1.82) is 0 Å². The van der Waals surface area contributed by atoms with Crippen LogP contribution in [0, 0.1) is 5.92 Å². The second kappa shape index (κ2) is 6.31. The molecule has 0 aromatic carbocycles. The first kappa shape index (κ1) is 15.8. The number of nitrogens with one attached hydrogen (secondary N) is 1. The van der Waals surface area contributed by atoms with Crippen LogP contribution in [0.5, 0.6) is 0 Å². The average molecular weight is 335 g/mol. The Bertz CT molecular complexity index is 785. The standard InChI is InChI=1S/C20H25N5/c1-3-15-6-7-18(22-11-15)20-19-10-17(21)8-9-24(19)12-16-5-4-14(2)23-25(20)13-16/h4,6-11,16,23H,3,5,12-13,21H2,1-2H3. The number of allylic oxidation sites excluding steroid dienone is 4. The predicted molar refractivity (Wildman–Crippen MR) is 100 cm³/mol. The number of aromatic nitrogens is 1. The normalized spacial score (nSPS) is 22.6. The van der Waals surface area contributed by atoms with Crippen LogP contribution in [0.3, 0.4) is 0 Å². The van der Waals surface area contributed by atoms with Gasteiger partial charge in [0.2, 0.25) is 0 Å². The third-order valence-corrected chi connectivity index (χ3v) is 5.01. The van der Waals surface area contributed by atoms with Crippen LogP contribution in [-0.4, -0.2) is 28.0 Å². The molecular weight excluding hydrogens is 310 g/mol.